The molecule has 0 saturated heterocycles. The summed E-state index contributed by atoms with van der Waals surface area (Å²) in [6.07, 6.45) is 1.84. The average molecular weight is 341 g/mol. The highest BCUT2D eigenvalue weighted by Crippen LogP contribution is 2.31. The second kappa shape index (κ2) is 5.96. The molecule has 2 nitrogen and oxygen atoms in total. The number of benzene rings is 2. The van der Waals surface area contributed by atoms with Gasteiger partial charge in [0.05, 0.1) is 11.6 Å². The molecule has 1 unspecified atom stereocenters. The summed E-state index contributed by atoms with van der Waals surface area (Å²) in [7, 11) is 1.99. The van der Waals surface area contributed by atoms with Crippen LogP contribution < -0.4 is 5.32 Å². The summed E-state index contributed by atoms with van der Waals surface area (Å²) in [6, 6.07) is 17.0. The zero-order valence-electron chi connectivity index (χ0n) is 12.1. The van der Waals surface area contributed by atoms with Crippen molar-refractivity contribution in [3.63, 3.8) is 0 Å². The number of pyridine rings is 1. The van der Waals surface area contributed by atoms with E-state index in [1.807, 2.05) is 19.3 Å². The number of halogens is 1. The molecule has 0 aliphatic heterocycles. The van der Waals surface area contributed by atoms with Gasteiger partial charge in [-0.3, -0.25) is 4.98 Å². The van der Waals surface area contributed by atoms with Gasteiger partial charge >= 0.3 is 0 Å². The number of hydrogen-bond acceptors (Lipinski definition) is 2. The van der Waals surface area contributed by atoms with Gasteiger partial charge in [-0.25, -0.2) is 0 Å². The first-order valence-electron chi connectivity index (χ1n) is 6.97. The molecule has 2 aromatic carbocycles. The number of nitrogens with zero attached hydrogens (tertiary/aromatic N) is 1. The van der Waals surface area contributed by atoms with Gasteiger partial charge in [0.15, 0.2) is 0 Å². The smallest absolute Gasteiger partial charge is 0.0705 e. The van der Waals surface area contributed by atoms with Gasteiger partial charge in [0, 0.05) is 16.1 Å². The van der Waals surface area contributed by atoms with Gasteiger partial charge in [-0.15, -0.1) is 0 Å². The molecular weight excluding hydrogens is 324 g/mol. The Balaban J connectivity index is 2.11. The first kappa shape index (κ1) is 14.2. The van der Waals surface area contributed by atoms with Crippen LogP contribution in [0, 0.1) is 6.92 Å². The van der Waals surface area contributed by atoms with Crippen molar-refractivity contribution in [1.29, 1.82) is 0 Å². The van der Waals surface area contributed by atoms with Crippen LogP contribution in [0.4, 0.5) is 0 Å². The Morgan fingerprint density at radius 2 is 1.95 bits per heavy atom. The van der Waals surface area contributed by atoms with Gasteiger partial charge in [0.2, 0.25) is 0 Å². The van der Waals surface area contributed by atoms with Crippen molar-refractivity contribution in [1.82, 2.24) is 10.3 Å². The Bertz CT molecular complexity index is 783. The zero-order chi connectivity index (χ0) is 14.8. The Morgan fingerprint density at radius 3 is 2.76 bits per heavy atom. The lowest BCUT2D eigenvalue weighted by Crippen LogP contribution is -2.18. The minimum Gasteiger partial charge on any atom is -0.309 e. The second-order valence-corrected chi connectivity index (χ2v) is 5.95. The van der Waals surface area contributed by atoms with E-state index in [9.17, 15) is 0 Å². The van der Waals surface area contributed by atoms with Crippen LogP contribution in [0.3, 0.4) is 0 Å². The quantitative estimate of drug-likeness (QED) is 0.752. The molecule has 21 heavy (non-hydrogen) atoms. The molecule has 1 N–H and O–H groups in total. The van der Waals surface area contributed by atoms with Gasteiger partial charge in [0.25, 0.3) is 0 Å². The van der Waals surface area contributed by atoms with Crippen LogP contribution in [0.25, 0.3) is 10.9 Å². The average Bonchev–Trinajstić information content (AvgIpc) is 2.52. The number of aryl methyl sites for hydroxylation is 1. The molecule has 0 aliphatic rings. The summed E-state index contributed by atoms with van der Waals surface area (Å²) in [5.74, 6) is 0. The Morgan fingerprint density at radius 1 is 1.10 bits per heavy atom. The third-order valence-electron chi connectivity index (χ3n) is 3.78. The maximum absolute atomic E-state index is 4.45. The van der Waals surface area contributed by atoms with Crippen molar-refractivity contribution >= 4 is 26.8 Å². The molecule has 0 aliphatic carbocycles. The SMILES string of the molecule is CNC(c1ccc2cccnc2c1)c1cccc(C)c1Br. The number of fused-ring (bicyclic) bond motifs is 1. The first-order chi connectivity index (χ1) is 10.2. The first-order valence-corrected chi connectivity index (χ1v) is 7.77. The summed E-state index contributed by atoms with van der Waals surface area (Å²) in [6.45, 7) is 2.11. The summed E-state index contributed by atoms with van der Waals surface area (Å²) in [5, 5.41) is 4.58. The maximum Gasteiger partial charge on any atom is 0.0705 e. The van der Waals surface area contributed by atoms with Crippen molar-refractivity contribution in [2.75, 3.05) is 7.05 Å². The van der Waals surface area contributed by atoms with E-state index < -0.39 is 0 Å². The highest BCUT2D eigenvalue weighted by atomic mass is 79.9. The van der Waals surface area contributed by atoms with Crippen molar-refractivity contribution < 1.29 is 0 Å². The normalized spacial score (nSPS) is 12.5. The molecule has 0 amide bonds. The largest absolute Gasteiger partial charge is 0.309 e. The molecular formula is C18H17BrN2. The van der Waals surface area contributed by atoms with Crippen LogP contribution in [0.5, 0.6) is 0 Å². The third kappa shape index (κ3) is 2.71. The fraction of sp³-hybridized carbons (Fsp3) is 0.167. The third-order valence-corrected chi connectivity index (χ3v) is 4.87. The summed E-state index contributed by atoms with van der Waals surface area (Å²) >= 11 is 3.71. The van der Waals surface area contributed by atoms with Crippen molar-refractivity contribution in [3.8, 4) is 0 Å². The van der Waals surface area contributed by atoms with Crippen LogP contribution in [0.2, 0.25) is 0 Å². The summed E-state index contributed by atoms with van der Waals surface area (Å²) in [5.41, 5.74) is 4.73. The zero-order valence-corrected chi connectivity index (χ0v) is 13.7. The molecule has 3 heteroatoms. The van der Waals surface area contributed by atoms with E-state index in [1.165, 1.54) is 22.1 Å². The van der Waals surface area contributed by atoms with Crippen molar-refractivity contribution in [3.05, 3.63) is 75.9 Å². The number of nitrogens with one attached hydrogen (secondary N) is 1. The van der Waals surface area contributed by atoms with Gasteiger partial charge < -0.3 is 5.32 Å². The predicted octanol–water partition coefficient (Wildman–Crippen LogP) is 4.61. The van der Waals surface area contributed by atoms with Crippen LogP contribution in [-0.4, -0.2) is 12.0 Å². The minimum atomic E-state index is 0.144. The lowest BCUT2D eigenvalue weighted by molar-refractivity contribution is 0.689. The van der Waals surface area contributed by atoms with E-state index >= 15 is 0 Å². The molecule has 3 rings (SSSR count). The topological polar surface area (TPSA) is 24.9 Å². The minimum absolute atomic E-state index is 0.144. The molecule has 0 spiro atoms. The van der Waals surface area contributed by atoms with Crippen LogP contribution >= 0.6 is 15.9 Å². The van der Waals surface area contributed by atoms with Crippen molar-refractivity contribution in [2.24, 2.45) is 0 Å². The highest BCUT2D eigenvalue weighted by Gasteiger charge is 2.16. The Kier molecular flexibility index (Phi) is 4.04. The monoisotopic (exact) mass is 340 g/mol. The number of hydrogen-bond donors (Lipinski definition) is 1. The van der Waals surface area contributed by atoms with E-state index in [1.54, 1.807) is 0 Å². The highest BCUT2D eigenvalue weighted by molar-refractivity contribution is 9.10. The fourth-order valence-electron chi connectivity index (χ4n) is 2.66. The molecule has 1 aromatic heterocycles. The van der Waals surface area contributed by atoms with Gasteiger partial charge in [0.1, 0.15) is 0 Å². The number of aromatic nitrogens is 1. The molecule has 0 fully saturated rings. The molecule has 1 heterocycles. The van der Waals surface area contributed by atoms with Crippen LogP contribution in [0.1, 0.15) is 22.7 Å². The van der Waals surface area contributed by atoms with E-state index in [2.05, 4.69) is 75.6 Å². The summed E-state index contributed by atoms with van der Waals surface area (Å²) in [4.78, 5) is 4.45. The second-order valence-electron chi connectivity index (χ2n) is 5.16. The molecule has 0 radical (unpaired) electrons. The molecule has 106 valence electrons. The molecule has 1 atom stereocenters. The Hall–Kier alpha value is -1.71. The van der Waals surface area contributed by atoms with Gasteiger partial charge in [-0.05, 0) is 42.8 Å². The van der Waals surface area contributed by atoms with Crippen LogP contribution in [-0.2, 0) is 0 Å². The molecule has 3 aromatic rings. The Labute approximate surface area is 133 Å². The van der Waals surface area contributed by atoms with E-state index in [0.717, 1.165) is 9.99 Å². The van der Waals surface area contributed by atoms with E-state index in [0.29, 0.717) is 0 Å². The molecule has 0 bridgehead atoms. The van der Waals surface area contributed by atoms with Gasteiger partial charge in [-0.2, -0.15) is 0 Å². The molecule has 0 saturated carbocycles. The number of rotatable bonds is 3. The summed E-state index contributed by atoms with van der Waals surface area (Å²) < 4.78 is 1.16. The van der Waals surface area contributed by atoms with Crippen LogP contribution in [0.15, 0.2) is 59.2 Å². The lowest BCUT2D eigenvalue weighted by Gasteiger charge is -2.20. The van der Waals surface area contributed by atoms with Crippen molar-refractivity contribution in [2.45, 2.75) is 13.0 Å². The standard InChI is InChI=1S/C18H17BrN2/c1-12-5-3-7-15(17(12)19)18(20-2)14-9-8-13-6-4-10-21-16(13)11-14/h3-11,18,20H,1-2H3. The van der Waals surface area contributed by atoms with E-state index in [4.69, 9.17) is 0 Å². The fourth-order valence-corrected chi connectivity index (χ4v) is 3.15. The predicted molar refractivity (Wildman–Crippen MR) is 91.5 cm³/mol. The maximum atomic E-state index is 4.45. The van der Waals surface area contributed by atoms with E-state index in [-0.39, 0.29) is 6.04 Å². The van der Waals surface area contributed by atoms with Gasteiger partial charge in [-0.1, -0.05) is 52.3 Å². The lowest BCUT2D eigenvalue weighted by atomic mass is 9.96.